The highest BCUT2D eigenvalue weighted by atomic mass is 35.5. The fourth-order valence-corrected chi connectivity index (χ4v) is 5.22. The number of nitrogens with zero attached hydrogens (tertiary/aromatic N) is 5. The van der Waals surface area contributed by atoms with Crippen molar-refractivity contribution in [3.63, 3.8) is 0 Å². The molecule has 1 aromatic carbocycles. The molecule has 0 spiro atoms. The molecule has 4 heterocycles. The molecule has 0 bridgehead atoms. The number of aromatic nitrogens is 4. The van der Waals surface area contributed by atoms with Crippen LogP contribution in [0.4, 0.5) is 14.9 Å². The van der Waals surface area contributed by atoms with E-state index in [1.165, 1.54) is 11.0 Å². The maximum atomic E-state index is 15.3. The summed E-state index contributed by atoms with van der Waals surface area (Å²) in [6.45, 7) is 2.43. The molecule has 2 aliphatic heterocycles. The normalized spacial score (nSPS) is 26.9. The van der Waals surface area contributed by atoms with Crippen molar-refractivity contribution in [3.05, 3.63) is 60.4 Å². The first-order valence-corrected chi connectivity index (χ1v) is 10.6. The number of carbonyl (C=O) groups excluding carboxylic acids is 1. The summed E-state index contributed by atoms with van der Waals surface area (Å²) < 4.78 is 22.3. The van der Waals surface area contributed by atoms with Crippen molar-refractivity contribution >= 4 is 36.6 Å². The van der Waals surface area contributed by atoms with E-state index in [0.717, 1.165) is 18.7 Å². The lowest BCUT2D eigenvalue weighted by Gasteiger charge is -2.21. The van der Waals surface area contributed by atoms with Gasteiger partial charge in [0.1, 0.15) is 11.9 Å². The highest BCUT2D eigenvalue weighted by Crippen LogP contribution is 2.59. The Balaban J connectivity index is 0.00000137. The summed E-state index contributed by atoms with van der Waals surface area (Å²) in [5.41, 5.74) is 8.78. The number of rotatable bonds is 5. The molecule has 34 heavy (non-hydrogen) atoms. The first-order chi connectivity index (χ1) is 15.6. The van der Waals surface area contributed by atoms with Crippen molar-refractivity contribution in [2.45, 2.75) is 18.2 Å². The summed E-state index contributed by atoms with van der Waals surface area (Å²) in [5, 5.41) is 11.0. The lowest BCUT2D eigenvalue weighted by atomic mass is 9.92. The van der Waals surface area contributed by atoms with Crippen LogP contribution < -0.4 is 16.0 Å². The molecule has 1 aliphatic carbocycles. The third-order valence-corrected chi connectivity index (χ3v) is 6.91. The first-order valence-electron chi connectivity index (χ1n) is 10.6. The number of cyclic esters (lactones) is 1. The van der Waals surface area contributed by atoms with Crippen LogP contribution in [0.2, 0.25) is 0 Å². The Morgan fingerprint density at radius 3 is 2.68 bits per heavy atom. The third kappa shape index (κ3) is 3.80. The molecule has 3 atom stereocenters. The summed E-state index contributed by atoms with van der Waals surface area (Å²) in [5.74, 6) is 0.274. The van der Waals surface area contributed by atoms with Gasteiger partial charge in [0.2, 0.25) is 0 Å². The molecular formula is C22H24Cl2FN7O2. The van der Waals surface area contributed by atoms with Crippen molar-refractivity contribution in [1.29, 1.82) is 0 Å². The summed E-state index contributed by atoms with van der Waals surface area (Å²) in [4.78, 5) is 18.0. The van der Waals surface area contributed by atoms with Gasteiger partial charge in [0.05, 0.1) is 30.5 Å². The fourth-order valence-electron chi connectivity index (χ4n) is 5.22. The average Bonchev–Trinajstić information content (AvgIpc) is 3.36. The number of anilines is 1. The molecule has 1 amide bonds. The molecule has 180 valence electrons. The van der Waals surface area contributed by atoms with Gasteiger partial charge in [-0.1, -0.05) is 5.21 Å². The van der Waals surface area contributed by atoms with Crippen molar-refractivity contribution in [1.82, 2.24) is 25.3 Å². The monoisotopic (exact) mass is 507 g/mol. The summed E-state index contributed by atoms with van der Waals surface area (Å²) in [6.07, 6.45) is 5.73. The van der Waals surface area contributed by atoms with Gasteiger partial charge >= 0.3 is 6.09 Å². The Labute approximate surface area is 207 Å². The molecule has 2 saturated heterocycles. The van der Waals surface area contributed by atoms with Gasteiger partial charge in [-0.25, -0.2) is 13.9 Å². The van der Waals surface area contributed by atoms with Crippen LogP contribution in [-0.2, 0) is 16.8 Å². The number of halogens is 3. The smallest absolute Gasteiger partial charge is 0.414 e. The topological polar surface area (TPSA) is 111 Å². The number of piperidine rings is 1. The van der Waals surface area contributed by atoms with Crippen molar-refractivity contribution in [2.75, 3.05) is 24.5 Å². The zero-order chi connectivity index (χ0) is 21.9. The Kier molecular flexibility index (Phi) is 6.52. The lowest BCUT2D eigenvalue weighted by Crippen LogP contribution is -2.33. The molecular weight excluding hydrogens is 484 g/mol. The molecule has 3 aliphatic rings. The van der Waals surface area contributed by atoms with E-state index in [-0.39, 0.29) is 24.8 Å². The zero-order valence-corrected chi connectivity index (χ0v) is 19.6. The van der Waals surface area contributed by atoms with Gasteiger partial charge in [-0.05, 0) is 41.7 Å². The average molecular weight is 508 g/mol. The van der Waals surface area contributed by atoms with E-state index < -0.39 is 23.6 Å². The molecule has 3 N–H and O–H groups in total. The Morgan fingerprint density at radius 2 is 1.97 bits per heavy atom. The van der Waals surface area contributed by atoms with E-state index >= 15 is 4.39 Å². The van der Waals surface area contributed by atoms with Crippen LogP contribution >= 0.6 is 24.8 Å². The number of pyridine rings is 1. The number of hydrogen-bond donors (Lipinski definition) is 2. The molecule has 6 rings (SSSR count). The summed E-state index contributed by atoms with van der Waals surface area (Å²) in [6, 6.07) is 6.67. The van der Waals surface area contributed by atoms with Gasteiger partial charge in [0.15, 0.2) is 0 Å². The van der Waals surface area contributed by atoms with Crippen LogP contribution in [0.3, 0.4) is 0 Å². The molecule has 12 heteroatoms. The third-order valence-electron chi connectivity index (χ3n) is 6.91. The molecule has 0 radical (unpaired) electrons. The van der Waals surface area contributed by atoms with Crippen LogP contribution in [0.1, 0.15) is 5.56 Å². The number of carbonyl (C=O) groups is 1. The Bertz CT molecular complexity index is 1190. The van der Waals surface area contributed by atoms with Crippen LogP contribution in [0.25, 0.3) is 11.1 Å². The number of amides is 1. The molecule has 3 fully saturated rings. The number of ether oxygens (including phenoxy) is 1. The van der Waals surface area contributed by atoms with E-state index in [4.69, 9.17) is 10.5 Å². The van der Waals surface area contributed by atoms with Crippen molar-refractivity contribution in [2.24, 2.45) is 17.6 Å². The van der Waals surface area contributed by atoms with E-state index in [1.54, 1.807) is 41.6 Å². The fraction of sp³-hybridized carbons (Fsp3) is 0.364. The van der Waals surface area contributed by atoms with Crippen molar-refractivity contribution < 1.29 is 13.9 Å². The van der Waals surface area contributed by atoms with Gasteiger partial charge in [-0.15, -0.1) is 29.9 Å². The lowest BCUT2D eigenvalue weighted by molar-refractivity contribution is 0.129. The Morgan fingerprint density at radius 1 is 1.18 bits per heavy atom. The number of benzene rings is 1. The number of nitrogens with two attached hydrogens (primary N) is 1. The summed E-state index contributed by atoms with van der Waals surface area (Å²) in [7, 11) is 0. The molecule has 2 aromatic heterocycles. The largest absolute Gasteiger partial charge is 0.442 e. The first kappa shape index (κ1) is 24.3. The van der Waals surface area contributed by atoms with Crippen LogP contribution in [-0.4, -0.2) is 51.8 Å². The second-order valence-electron chi connectivity index (χ2n) is 8.63. The highest BCUT2D eigenvalue weighted by molar-refractivity contribution is 5.90. The minimum absolute atomic E-state index is 0. The highest BCUT2D eigenvalue weighted by Gasteiger charge is 2.65. The van der Waals surface area contributed by atoms with Crippen LogP contribution in [0.15, 0.2) is 49.1 Å². The maximum Gasteiger partial charge on any atom is 0.414 e. The van der Waals surface area contributed by atoms with Gasteiger partial charge in [0.25, 0.3) is 0 Å². The quantitative estimate of drug-likeness (QED) is 0.545. The van der Waals surface area contributed by atoms with Gasteiger partial charge in [-0.2, -0.15) is 0 Å². The Hall–Kier alpha value is -2.79. The number of nitrogens with one attached hydrogen (secondary N) is 1. The number of hydrogen-bond acceptors (Lipinski definition) is 7. The predicted octanol–water partition coefficient (Wildman–Crippen LogP) is 2.35. The molecule has 2 unspecified atom stereocenters. The van der Waals surface area contributed by atoms with Crippen LogP contribution in [0.5, 0.6) is 0 Å². The van der Waals surface area contributed by atoms with E-state index in [0.29, 0.717) is 41.7 Å². The van der Waals surface area contributed by atoms with Gasteiger partial charge < -0.3 is 15.8 Å². The molecule has 9 nitrogen and oxygen atoms in total. The second kappa shape index (κ2) is 9.10. The SMILES string of the molecule is Cl.Cl.NC1(c2ccncc2-c2ccc(N3C[C@H](Cn4ccnn4)OC3=O)cc2F)C2CNCC21. The summed E-state index contributed by atoms with van der Waals surface area (Å²) >= 11 is 0. The van der Waals surface area contributed by atoms with Crippen LogP contribution in [0, 0.1) is 17.7 Å². The predicted molar refractivity (Wildman–Crippen MR) is 127 cm³/mol. The standard InChI is InChI=1S/C22H22FN7O2.2ClH/c23-20-7-13(30-12-14(32-21(30)31)11-29-6-5-27-28-29)1-2-15(20)16-8-25-4-3-17(16)22(24)18-9-26-10-19(18)22;;/h1-8,14,18-19,26H,9-12,24H2;2*1H/t14-,18?,19?,22?;;/m0../s1. The molecule has 1 saturated carbocycles. The van der Waals surface area contributed by atoms with E-state index in [1.807, 2.05) is 6.07 Å². The van der Waals surface area contributed by atoms with E-state index in [2.05, 4.69) is 20.6 Å². The zero-order valence-electron chi connectivity index (χ0n) is 18.0. The number of fused-ring (bicyclic) bond motifs is 1. The maximum absolute atomic E-state index is 15.3. The minimum Gasteiger partial charge on any atom is -0.442 e. The minimum atomic E-state index is -0.511. The van der Waals surface area contributed by atoms with E-state index in [9.17, 15) is 4.79 Å². The van der Waals surface area contributed by atoms with Crippen molar-refractivity contribution in [3.8, 4) is 11.1 Å². The van der Waals surface area contributed by atoms with Gasteiger partial charge in [0, 0.05) is 42.8 Å². The second-order valence-corrected chi connectivity index (χ2v) is 8.63. The van der Waals surface area contributed by atoms with Gasteiger partial charge in [-0.3, -0.25) is 9.88 Å². The molecule has 3 aromatic rings.